The number of pyridine rings is 1. The number of amides is 1. The van der Waals surface area contributed by atoms with Gasteiger partial charge in [-0.1, -0.05) is 59.6 Å². The van der Waals surface area contributed by atoms with E-state index < -0.39 is 19.5 Å². The first-order valence-electron chi connectivity index (χ1n) is 22.3. The Kier molecular flexibility index (Phi) is 11.8. The number of hydrogen-bond acceptors (Lipinski definition) is 10. The highest BCUT2D eigenvalue weighted by atomic mass is 28.3. The van der Waals surface area contributed by atoms with E-state index in [1.165, 1.54) is 0 Å². The molecule has 61 heavy (non-hydrogen) atoms. The fraction of sp³-hybridized carbons (Fsp3) is 0.583. The highest BCUT2D eigenvalue weighted by Crippen LogP contribution is 2.44. The van der Waals surface area contributed by atoms with E-state index in [0.717, 1.165) is 61.5 Å². The molecule has 0 spiro atoms. The maximum Gasteiger partial charge on any atom is 0.410 e. The quantitative estimate of drug-likeness (QED) is 0.0824. The Labute approximate surface area is 361 Å². The first-order valence-corrected chi connectivity index (χ1v) is 24.5. The molecular weight excluding hydrogens is 788 g/mol. The Balaban J connectivity index is 1.26. The molecule has 5 saturated heterocycles. The van der Waals surface area contributed by atoms with Gasteiger partial charge >= 0.3 is 12.1 Å². The minimum Gasteiger partial charge on any atom is -0.468 e. The fourth-order valence-electron chi connectivity index (χ4n) is 11.1. The summed E-state index contributed by atoms with van der Waals surface area (Å²) in [6.07, 6.45) is 6.62. The van der Waals surface area contributed by atoms with Crippen LogP contribution in [-0.4, -0.2) is 109 Å². The van der Waals surface area contributed by atoms with Crippen molar-refractivity contribution >= 4 is 41.7 Å². The molecule has 2 bridgehead atoms. The lowest BCUT2D eigenvalue weighted by molar-refractivity contribution is -0.0380. The summed E-state index contributed by atoms with van der Waals surface area (Å²) in [6.45, 7) is 23.1. The van der Waals surface area contributed by atoms with Gasteiger partial charge in [0.1, 0.15) is 43.1 Å². The van der Waals surface area contributed by atoms with E-state index in [0.29, 0.717) is 58.8 Å². The molecule has 2 unspecified atom stereocenters. The molecule has 0 saturated carbocycles. The number of carbonyl (C=O) groups is 1. The van der Waals surface area contributed by atoms with Crippen LogP contribution in [0.2, 0.25) is 16.6 Å². The van der Waals surface area contributed by atoms with E-state index in [-0.39, 0.29) is 47.7 Å². The molecule has 326 valence electrons. The van der Waals surface area contributed by atoms with Crippen LogP contribution in [0.15, 0.2) is 36.5 Å². The maximum absolute atomic E-state index is 17.8. The van der Waals surface area contributed by atoms with Crippen molar-refractivity contribution < 1.29 is 28.1 Å². The van der Waals surface area contributed by atoms with Crippen molar-refractivity contribution in [2.75, 3.05) is 51.6 Å². The van der Waals surface area contributed by atoms with Gasteiger partial charge in [0.05, 0.1) is 23.0 Å². The molecule has 0 radical (unpaired) electrons. The Morgan fingerprint density at radius 2 is 1.67 bits per heavy atom. The number of benzene rings is 2. The number of fused-ring (bicyclic) bond motifs is 5. The molecule has 1 amide bonds. The van der Waals surface area contributed by atoms with Crippen LogP contribution in [-0.2, 0) is 9.47 Å². The minimum absolute atomic E-state index is 0.0305. The van der Waals surface area contributed by atoms with Crippen LogP contribution in [0.5, 0.6) is 11.8 Å². The zero-order valence-electron chi connectivity index (χ0n) is 37.7. The number of ether oxygens (including phenoxy) is 4. The van der Waals surface area contributed by atoms with Crippen molar-refractivity contribution in [3.8, 4) is 34.5 Å². The molecule has 0 N–H and O–H groups in total. The van der Waals surface area contributed by atoms with E-state index in [1.807, 2.05) is 56.0 Å². The predicted molar refractivity (Wildman–Crippen MR) is 241 cm³/mol. The van der Waals surface area contributed by atoms with Crippen molar-refractivity contribution in [2.24, 2.45) is 0 Å². The highest BCUT2D eigenvalue weighted by Gasteiger charge is 2.50. The molecule has 9 rings (SSSR count). The standard InChI is InChI=1S/C48H63FN6O5Si/c1-30(2)61(31(3)4,32(5)6)21-16-33-14-11-15-34-22-37(59-29-57-10)24-38(40(33)34)42-41(49)43-39(25-50-42)44(52-45(51-43)58-28-48-17-12-19-54(48)20-13-18-48)53-26-35-23-36(27-53)55(35)46(56)60-47(7,8)9/h11,14-15,22,24-25,30-32,35-36H,12-13,17-20,23,26-29H2,1-10H3. The topological polar surface area (TPSA) is 102 Å². The van der Waals surface area contributed by atoms with Crippen molar-refractivity contribution in [1.82, 2.24) is 24.8 Å². The van der Waals surface area contributed by atoms with Gasteiger partial charge in [-0.2, -0.15) is 9.97 Å². The number of carbonyl (C=O) groups excluding carboxylic acids is 1. The Hall–Kier alpha value is -4.51. The molecule has 7 heterocycles. The number of piperazine rings is 1. The highest BCUT2D eigenvalue weighted by molar-refractivity contribution is 6.90. The number of halogens is 1. The average molecular weight is 851 g/mol. The lowest BCUT2D eigenvalue weighted by Gasteiger charge is -2.56. The van der Waals surface area contributed by atoms with Crippen LogP contribution >= 0.6 is 0 Å². The first-order chi connectivity index (χ1) is 29.0. The zero-order chi connectivity index (χ0) is 43.4. The summed E-state index contributed by atoms with van der Waals surface area (Å²) in [7, 11) is -0.536. The third-order valence-corrected chi connectivity index (χ3v) is 20.1. The largest absolute Gasteiger partial charge is 0.468 e. The monoisotopic (exact) mass is 850 g/mol. The molecule has 13 heteroatoms. The Morgan fingerprint density at radius 3 is 2.31 bits per heavy atom. The number of aromatic nitrogens is 3. The second-order valence-corrected chi connectivity index (χ2v) is 25.2. The summed E-state index contributed by atoms with van der Waals surface area (Å²) in [4.78, 5) is 34.5. The molecule has 0 aliphatic carbocycles. The van der Waals surface area contributed by atoms with Crippen LogP contribution in [0.3, 0.4) is 0 Å². The van der Waals surface area contributed by atoms with Crippen LogP contribution in [0, 0.1) is 17.3 Å². The van der Waals surface area contributed by atoms with Crippen LogP contribution in [0.25, 0.3) is 32.9 Å². The van der Waals surface area contributed by atoms with Gasteiger partial charge in [-0.05, 0) is 106 Å². The summed E-state index contributed by atoms with van der Waals surface area (Å²) in [5.74, 6) is 4.16. The molecule has 2 aromatic carbocycles. The molecule has 5 aliphatic heterocycles. The number of hydrogen-bond donors (Lipinski definition) is 0. The van der Waals surface area contributed by atoms with E-state index in [1.54, 1.807) is 13.3 Å². The summed E-state index contributed by atoms with van der Waals surface area (Å²) in [6, 6.07) is 9.82. The summed E-state index contributed by atoms with van der Waals surface area (Å²) >= 11 is 0. The number of anilines is 1. The minimum atomic E-state index is -2.11. The second kappa shape index (κ2) is 16.6. The average Bonchev–Trinajstić information content (AvgIpc) is 3.79. The summed E-state index contributed by atoms with van der Waals surface area (Å²) in [5, 5.41) is 2.14. The Morgan fingerprint density at radius 1 is 0.984 bits per heavy atom. The van der Waals surface area contributed by atoms with Gasteiger partial charge in [0.2, 0.25) is 0 Å². The molecule has 5 fully saturated rings. The Bertz CT molecular complexity index is 2330. The molecule has 2 atom stereocenters. The van der Waals surface area contributed by atoms with Crippen molar-refractivity contribution in [2.45, 2.75) is 134 Å². The zero-order valence-corrected chi connectivity index (χ0v) is 38.7. The number of methoxy groups -OCH3 is 1. The van der Waals surface area contributed by atoms with E-state index in [9.17, 15) is 4.79 Å². The summed E-state index contributed by atoms with van der Waals surface area (Å²) in [5.41, 5.74) is 6.23. The van der Waals surface area contributed by atoms with Gasteiger partial charge in [-0.25, -0.2) is 9.18 Å². The SMILES string of the molecule is COCOc1cc(-c2ncc3c(N4CC5CC(C4)N5C(=O)OC(C)(C)C)nc(OCC45CCCN4CCC5)nc3c2F)c2c(C#C[Si](C(C)C)(C(C)C)C(C)C)cccc2c1. The molecular formula is C48H63FN6O5Si. The van der Waals surface area contributed by atoms with Gasteiger partial charge < -0.3 is 23.8 Å². The normalized spacial score (nSPS) is 20.0. The number of piperidine rings is 1. The van der Waals surface area contributed by atoms with Crippen molar-refractivity contribution in [3.63, 3.8) is 0 Å². The van der Waals surface area contributed by atoms with E-state index in [2.05, 4.69) is 62.8 Å². The molecule has 4 aromatic rings. The van der Waals surface area contributed by atoms with Gasteiger partial charge in [-0.3, -0.25) is 14.8 Å². The number of rotatable bonds is 11. The first kappa shape index (κ1) is 43.1. The molecule has 11 nitrogen and oxygen atoms in total. The van der Waals surface area contributed by atoms with Crippen LogP contribution in [0.4, 0.5) is 15.0 Å². The molecule has 5 aliphatic rings. The van der Waals surface area contributed by atoms with Crippen LogP contribution in [0.1, 0.15) is 100.0 Å². The van der Waals surface area contributed by atoms with Crippen molar-refractivity contribution in [1.29, 1.82) is 0 Å². The lowest BCUT2D eigenvalue weighted by atomic mass is 9.88. The van der Waals surface area contributed by atoms with Gasteiger partial charge in [0.25, 0.3) is 0 Å². The van der Waals surface area contributed by atoms with E-state index in [4.69, 9.17) is 33.9 Å². The van der Waals surface area contributed by atoms with Gasteiger partial charge in [0.15, 0.2) is 12.6 Å². The van der Waals surface area contributed by atoms with Crippen molar-refractivity contribution in [3.05, 3.63) is 47.9 Å². The third kappa shape index (κ3) is 7.93. The van der Waals surface area contributed by atoms with Gasteiger partial charge in [0, 0.05) is 42.9 Å². The smallest absolute Gasteiger partial charge is 0.410 e. The second-order valence-electron chi connectivity index (χ2n) is 19.6. The molecule has 2 aromatic heterocycles. The lowest BCUT2D eigenvalue weighted by Crippen LogP contribution is -2.70. The maximum atomic E-state index is 17.8. The van der Waals surface area contributed by atoms with Crippen LogP contribution < -0.4 is 14.4 Å². The summed E-state index contributed by atoms with van der Waals surface area (Å²) < 4.78 is 41.4. The van der Waals surface area contributed by atoms with E-state index >= 15 is 4.39 Å². The predicted octanol–water partition coefficient (Wildman–Crippen LogP) is 9.74. The fourth-order valence-corrected chi connectivity index (χ4v) is 16.3. The third-order valence-electron chi connectivity index (χ3n) is 13.9. The number of nitrogens with zero attached hydrogens (tertiary/aromatic N) is 6. The van der Waals surface area contributed by atoms with Gasteiger partial charge in [-0.15, -0.1) is 5.54 Å².